The first-order valence-electron chi connectivity index (χ1n) is 9.57. The summed E-state index contributed by atoms with van der Waals surface area (Å²) in [4.78, 5) is 16.1. The van der Waals surface area contributed by atoms with Crippen LogP contribution in [0, 0.1) is 11.3 Å². The number of nitrogens with one attached hydrogen (secondary N) is 3. The van der Waals surface area contributed by atoms with Gasteiger partial charge >= 0.3 is 0 Å². The maximum atomic E-state index is 11.9. The van der Waals surface area contributed by atoms with Gasteiger partial charge in [0.2, 0.25) is 5.91 Å². The number of aliphatic imine (C=N–C) groups is 1. The SMILES string of the molecule is CN=C(NCCNC(=O)CC1CCCC1)NCC1(CCO)CCOC1.I. The van der Waals surface area contributed by atoms with Gasteiger partial charge in [0, 0.05) is 51.7 Å². The highest BCUT2D eigenvalue weighted by Gasteiger charge is 2.34. The first-order chi connectivity index (χ1) is 12.2. The van der Waals surface area contributed by atoms with Gasteiger partial charge in [-0.25, -0.2) is 0 Å². The van der Waals surface area contributed by atoms with Crippen molar-refractivity contribution in [2.45, 2.75) is 44.9 Å². The number of amides is 1. The van der Waals surface area contributed by atoms with Gasteiger partial charge in [0.15, 0.2) is 5.96 Å². The minimum Gasteiger partial charge on any atom is -0.396 e. The molecule has 8 heteroatoms. The molecule has 1 atom stereocenters. The summed E-state index contributed by atoms with van der Waals surface area (Å²) in [6, 6.07) is 0. The topological polar surface area (TPSA) is 95.0 Å². The second kappa shape index (κ2) is 12.7. The molecule has 1 unspecified atom stereocenters. The molecule has 4 N–H and O–H groups in total. The lowest BCUT2D eigenvalue weighted by atomic mass is 9.84. The summed E-state index contributed by atoms with van der Waals surface area (Å²) >= 11 is 0. The average molecular weight is 482 g/mol. The predicted molar refractivity (Wildman–Crippen MR) is 114 cm³/mol. The summed E-state index contributed by atoms with van der Waals surface area (Å²) in [5, 5.41) is 18.8. The highest BCUT2D eigenvalue weighted by Crippen LogP contribution is 2.31. The van der Waals surface area contributed by atoms with Crippen LogP contribution in [0.1, 0.15) is 44.9 Å². The van der Waals surface area contributed by atoms with E-state index in [1.807, 2.05) is 0 Å². The molecule has 1 saturated heterocycles. The maximum Gasteiger partial charge on any atom is 0.220 e. The van der Waals surface area contributed by atoms with Gasteiger partial charge < -0.3 is 25.8 Å². The van der Waals surface area contributed by atoms with Gasteiger partial charge in [-0.3, -0.25) is 9.79 Å². The molecule has 0 bridgehead atoms. The summed E-state index contributed by atoms with van der Waals surface area (Å²) in [6.45, 7) is 3.55. The van der Waals surface area contributed by atoms with Crippen LogP contribution in [0.2, 0.25) is 0 Å². The average Bonchev–Trinajstić information content (AvgIpc) is 3.27. The number of halogens is 1. The van der Waals surface area contributed by atoms with Crippen LogP contribution in [0.15, 0.2) is 4.99 Å². The number of rotatable bonds is 9. The van der Waals surface area contributed by atoms with Crippen LogP contribution >= 0.6 is 24.0 Å². The van der Waals surface area contributed by atoms with E-state index in [2.05, 4.69) is 20.9 Å². The number of hydrogen-bond donors (Lipinski definition) is 4. The van der Waals surface area contributed by atoms with Crippen LogP contribution in [0.25, 0.3) is 0 Å². The van der Waals surface area contributed by atoms with E-state index in [0.29, 0.717) is 38.0 Å². The molecule has 152 valence electrons. The smallest absolute Gasteiger partial charge is 0.220 e. The first kappa shape index (κ1) is 23.4. The molecule has 1 amide bonds. The van der Waals surface area contributed by atoms with Crippen molar-refractivity contribution in [1.82, 2.24) is 16.0 Å². The largest absolute Gasteiger partial charge is 0.396 e. The Balaban J connectivity index is 0.00000338. The van der Waals surface area contributed by atoms with Crippen molar-refractivity contribution in [2.24, 2.45) is 16.3 Å². The summed E-state index contributed by atoms with van der Waals surface area (Å²) in [5.74, 6) is 1.45. The third kappa shape index (κ3) is 7.96. The number of aliphatic hydroxyl groups excluding tert-OH is 1. The van der Waals surface area contributed by atoms with E-state index >= 15 is 0 Å². The van der Waals surface area contributed by atoms with Crippen LogP contribution in [0.4, 0.5) is 0 Å². The molecule has 7 nitrogen and oxygen atoms in total. The number of carbonyl (C=O) groups is 1. The van der Waals surface area contributed by atoms with E-state index in [1.54, 1.807) is 7.05 Å². The maximum absolute atomic E-state index is 11.9. The monoisotopic (exact) mass is 482 g/mol. The summed E-state index contributed by atoms with van der Waals surface area (Å²) in [7, 11) is 1.73. The molecular weight excluding hydrogens is 447 g/mol. The van der Waals surface area contributed by atoms with Crippen LogP contribution in [-0.4, -0.2) is 63.5 Å². The lowest BCUT2D eigenvalue weighted by molar-refractivity contribution is -0.121. The molecule has 1 aliphatic heterocycles. The molecular formula is C18H35IN4O3. The Morgan fingerprint density at radius 3 is 2.58 bits per heavy atom. The van der Waals surface area contributed by atoms with Crippen molar-refractivity contribution in [2.75, 3.05) is 46.5 Å². The number of guanidine groups is 1. The molecule has 0 aromatic carbocycles. The van der Waals surface area contributed by atoms with Crippen LogP contribution in [-0.2, 0) is 9.53 Å². The molecule has 2 fully saturated rings. The van der Waals surface area contributed by atoms with Gasteiger partial charge in [-0.05, 0) is 31.6 Å². The predicted octanol–water partition coefficient (Wildman–Crippen LogP) is 1.25. The van der Waals surface area contributed by atoms with Gasteiger partial charge in [0.25, 0.3) is 0 Å². The Bertz CT molecular complexity index is 436. The third-order valence-electron chi connectivity index (χ3n) is 5.37. The molecule has 2 rings (SSSR count). The van der Waals surface area contributed by atoms with Gasteiger partial charge in [-0.1, -0.05) is 12.8 Å². The minimum absolute atomic E-state index is 0. The normalized spacial score (nSPS) is 23.5. The first-order valence-corrected chi connectivity index (χ1v) is 9.57. The van der Waals surface area contributed by atoms with Crippen molar-refractivity contribution in [3.05, 3.63) is 0 Å². The molecule has 1 saturated carbocycles. The Hall–Kier alpha value is -0.610. The second-order valence-electron chi connectivity index (χ2n) is 7.33. The zero-order valence-electron chi connectivity index (χ0n) is 15.9. The second-order valence-corrected chi connectivity index (χ2v) is 7.33. The number of aliphatic hydroxyl groups is 1. The zero-order valence-corrected chi connectivity index (χ0v) is 18.2. The fourth-order valence-electron chi connectivity index (χ4n) is 3.74. The zero-order chi connectivity index (χ0) is 18.0. The lowest BCUT2D eigenvalue weighted by Crippen LogP contribution is -2.46. The highest BCUT2D eigenvalue weighted by molar-refractivity contribution is 14.0. The quantitative estimate of drug-likeness (QED) is 0.172. The summed E-state index contributed by atoms with van der Waals surface area (Å²) in [5.41, 5.74) is -0.0120. The molecule has 0 spiro atoms. The molecule has 2 aliphatic rings. The van der Waals surface area contributed by atoms with E-state index in [4.69, 9.17) is 4.74 Å². The van der Waals surface area contributed by atoms with Gasteiger partial charge in [0.05, 0.1) is 6.61 Å². The minimum atomic E-state index is -0.0120. The highest BCUT2D eigenvalue weighted by atomic mass is 127. The van der Waals surface area contributed by atoms with Crippen molar-refractivity contribution in [1.29, 1.82) is 0 Å². The lowest BCUT2D eigenvalue weighted by Gasteiger charge is -2.27. The van der Waals surface area contributed by atoms with Crippen LogP contribution < -0.4 is 16.0 Å². The van der Waals surface area contributed by atoms with E-state index in [1.165, 1.54) is 25.7 Å². The van der Waals surface area contributed by atoms with E-state index in [9.17, 15) is 9.90 Å². The van der Waals surface area contributed by atoms with Gasteiger partial charge in [0.1, 0.15) is 0 Å². The third-order valence-corrected chi connectivity index (χ3v) is 5.37. The number of carbonyl (C=O) groups excluding carboxylic acids is 1. The van der Waals surface area contributed by atoms with Crippen molar-refractivity contribution in [3.63, 3.8) is 0 Å². The van der Waals surface area contributed by atoms with Gasteiger partial charge in [-0.15, -0.1) is 24.0 Å². The molecule has 1 aliphatic carbocycles. The number of ether oxygens (including phenoxy) is 1. The van der Waals surface area contributed by atoms with E-state index in [0.717, 1.165) is 26.0 Å². The summed E-state index contributed by atoms with van der Waals surface area (Å²) < 4.78 is 5.50. The van der Waals surface area contributed by atoms with Crippen molar-refractivity contribution >= 4 is 35.8 Å². The fraction of sp³-hybridized carbons (Fsp3) is 0.889. The summed E-state index contributed by atoms with van der Waals surface area (Å²) in [6.07, 6.45) is 7.28. The van der Waals surface area contributed by atoms with E-state index in [-0.39, 0.29) is 41.9 Å². The van der Waals surface area contributed by atoms with Gasteiger partial charge in [-0.2, -0.15) is 0 Å². The molecule has 0 aromatic rings. The van der Waals surface area contributed by atoms with E-state index < -0.39 is 0 Å². The Kier molecular flexibility index (Phi) is 11.5. The number of nitrogens with zero attached hydrogens (tertiary/aromatic N) is 1. The van der Waals surface area contributed by atoms with Crippen molar-refractivity contribution in [3.8, 4) is 0 Å². The standard InChI is InChI=1S/C18H34N4O3.HI/c1-19-17(22-13-18(6-10-23)7-11-25-14-18)21-9-8-20-16(24)12-15-4-2-3-5-15;/h15,23H,2-14H2,1H3,(H,20,24)(H2,19,21,22);1H. The van der Waals surface area contributed by atoms with Crippen LogP contribution in [0.5, 0.6) is 0 Å². The molecule has 26 heavy (non-hydrogen) atoms. The Morgan fingerprint density at radius 1 is 1.23 bits per heavy atom. The Morgan fingerprint density at radius 2 is 1.96 bits per heavy atom. The Labute approximate surface area is 174 Å². The molecule has 1 heterocycles. The number of hydrogen-bond acceptors (Lipinski definition) is 4. The van der Waals surface area contributed by atoms with Crippen LogP contribution in [0.3, 0.4) is 0 Å². The fourth-order valence-corrected chi connectivity index (χ4v) is 3.74. The van der Waals surface area contributed by atoms with Crippen molar-refractivity contribution < 1.29 is 14.6 Å². The molecule has 0 radical (unpaired) electrons. The molecule has 0 aromatic heterocycles.